The molecule has 2 aromatic carbocycles. The van der Waals surface area contributed by atoms with Crippen molar-refractivity contribution in [2.45, 2.75) is 19.9 Å². The first-order valence-electron chi connectivity index (χ1n) is 8.90. The molecule has 6 heteroatoms. The van der Waals surface area contributed by atoms with Gasteiger partial charge in [0.2, 0.25) is 0 Å². The number of hydrogen-bond acceptors (Lipinski definition) is 4. The molecule has 0 saturated heterocycles. The topological polar surface area (TPSA) is 65.4 Å². The van der Waals surface area contributed by atoms with Crippen molar-refractivity contribution in [2.24, 2.45) is 0 Å². The maximum absolute atomic E-state index is 11.8. The summed E-state index contributed by atoms with van der Waals surface area (Å²) in [6, 6.07) is 16.9. The van der Waals surface area contributed by atoms with Gasteiger partial charge in [-0.1, -0.05) is 17.7 Å². The maximum atomic E-state index is 11.8. The Morgan fingerprint density at radius 2 is 1.70 bits per heavy atom. The summed E-state index contributed by atoms with van der Waals surface area (Å²) >= 11 is 0. The van der Waals surface area contributed by atoms with Crippen LogP contribution in [0.1, 0.15) is 12.0 Å². The number of amides is 1. The first kappa shape index (κ1) is 18.5. The third kappa shape index (κ3) is 6.18. The molecule has 6 nitrogen and oxygen atoms in total. The van der Waals surface area contributed by atoms with Crippen LogP contribution in [-0.4, -0.2) is 28.8 Å². The van der Waals surface area contributed by atoms with Gasteiger partial charge >= 0.3 is 0 Å². The molecule has 1 N–H and O–H groups in total. The van der Waals surface area contributed by atoms with Gasteiger partial charge in [-0.15, -0.1) is 0 Å². The molecule has 0 saturated carbocycles. The van der Waals surface area contributed by atoms with Crippen LogP contribution >= 0.6 is 0 Å². The van der Waals surface area contributed by atoms with E-state index in [1.54, 1.807) is 18.3 Å². The van der Waals surface area contributed by atoms with Gasteiger partial charge in [-0.3, -0.25) is 9.48 Å². The van der Waals surface area contributed by atoms with Gasteiger partial charge in [0.25, 0.3) is 5.91 Å². The number of nitrogens with one attached hydrogen (secondary N) is 1. The lowest BCUT2D eigenvalue weighted by molar-refractivity contribution is -0.123. The van der Waals surface area contributed by atoms with Crippen molar-refractivity contribution in [2.75, 3.05) is 13.2 Å². The molecule has 0 aliphatic carbocycles. The molecule has 1 heterocycles. The average Bonchev–Trinajstić information content (AvgIpc) is 3.20. The SMILES string of the molecule is Cc1ccc(Oc2ccc(OCC(=O)NCCCn3cccn3)cc2)cc1. The van der Waals surface area contributed by atoms with Gasteiger partial charge in [0.05, 0.1) is 0 Å². The largest absolute Gasteiger partial charge is 0.484 e. The number of nitrogens with zero attached hydrogens (tertiary/aromatic N) is 2. The zero-order valence-electron chi connectivity index (χ0n) is 15.3. The van der Waals surface area contributed by atoms with E-state index in [-0.39, 0.29) is 12.5 Å². The van der Waals surface area contributed by atoms with E-state index in [0.29, 0.717) is 18.0 Å². The lowest BCUT2D eigenvalue weighted by Gasteiger charge is -2.09. The second-order valence-electron chi connectivity index (χ2n) is 6.15. The number of rotatable bonds is 9. The van der Waals surface area contributed by atoms with Gasteiger partial charge in [-0.2, -0.15) is 5.10 Å². The van der Waals surface area contributed by atoms with Crippen LogP contribution in [0.25, 0.3) is 0 Å². The Morgan fingerprint density at radius 3 is 2.37 bits per heavy atom. The first-order chi connectivity index (χ1) is 13.2. The van der Waals surface area contributed by atoms with Gasteiger partial charge in [0.15, 0.2) is 6.61 Å². The zero-order valence-corrected chi connectivity index (χ0v) is 15.3. The summed E-state index contributed by atoms with van der Waals surface area (Å²) in [5.41, 5.74) is 1.19. The number of hydrogen-bond donors (Lipinski definition) is 1. The highest BCUT2D eigenvalue weighted by molar-refractivity contribution is 5.77. The van der Waals surface area contributed by atoms with Gasteiger partial charge in [-0.05, 0) is 55.8 Å². The molecule has 0 unspecified atom stereocenters. The summed E-state index contributed by atoms with van der Waals surface area (Å²) in [4.78, 5) is 11.8. The highest BCUT2D eigenvalue weighted by Crippen LogP contribution is 2.24. The van der Waals surface area contributed by atoms with Crippen molar-refractivity contribution in [3.8, 4) is 17.2 Å². The smallest absolute Gasteiger partial charge is 0.257 e. The Kier molecular flexibility index (Phi) is 6.46. The van der Waals surface area contributed by atoms with E-state index in [1.165, 1.54) is 5.56 Å². The van der Waals surface area contributed by atoms with Crippen molar-refractivity contribution < 1.29 is 14.3 Å². The maximum Gasteiger partial charge on any atom is 0.257 e. The number of carbonyl (C=O) groups excluding carboxylic acids is 1. The molecule has 27 heavy (non-hydrogen) atoms. The molecule has 1 aromatic heterocycles. The third-order valence-electron chi connectivity index (χ3n) is 3.90. The summed E-state index contributed by atoms with van der Waals surface area (Å²) in [5, 5.41) is 6.95. The van der Waals surface area contributed by atoms with Gasteiger partial charge in [-0.25, -0.2) is 0 Å². The molecule has 0 fully saturated rings. The van der Waals surface area contributed by atoms with Crippen LogP contribution in [0.5, 0.6) is 17.2 Å². The Balaban J connectivity index is 1.36. The molecule has 0 atom stereocenters. The highest BCUT2D eigenvalue weighted by Gasteiger charge is 2.03. The molecule has 140 valence electrons. The second-order valence-corrected chi connectivity index (χ2v) is 6.15. The molecule has 0 spiro atoms. The number of benzene rings is 2. The predicted molar refractivity (Wildman–Crippen MR) is 103 cm³/mol. The van der Waals surface area contributed by atoms with Crippen molar-refractivity contribution in [1.82, 2.24) is 15.1 Å². The Hall–Kier alpha value is -3.28. The summed E-state index contributed by atoms with van der Waals surface area (Å²) in [7, 11) is 0. The van der Waals surface area contributed by atoms with Crippen LogP contribution in [0.2, 0.25) is 0 Å². The Morgan fingerprint density at radius 1 is 1.04 bits per heavy atom. The van der Waals surface area contributed by atoms with E-state index >= 15 is 0 Å². The number of aromatic nitrogens is 2. The molecule has 3 aromatic rings. The Bertz CT molecular complexity index is 828. The first-order valence-corrected chi connectivity index (χ1v) is 8.90. The van der Waals surface area contributed by atoms with Crippen LogP contribution < -0.4 is 14.8 Å². The second kappa shape index (κ2) is 9.43. The van der Waals surface area contributed by atoms with Gasteiger partial charge in [0, 0.05) is 25.5 Å². The van der Waals surface area contributed by atoms with Gasteiger partial charge < -0.3 is 14.8 Å². The molecule has 1 amide bonds. The lowest BCUT2D eigenvalue weighted by atomic mass is 10.2. The standard InChI is InChI=1S/C21H23N3O3/c1-17-4-6-19(7-5-17)27-20-10-8-18(9-11-20)26-16-21(25)22-12-2-14-24-15-3-13-23-24/h3-11,13,15H,2,12,14,16H2,1H3,(H,22,25). The quantitative estimate of drug-likeness (QED) is 0.589. The molecule has 0 bridgehead atoms. The Labute approximate surface area is 158 Å². The van der Waals surface area contributed by atoms with Crippen LogP contribution in [0.3, 0.4) is 0 Å². The summed E-state index contributed by atoms with van der Waals surface area (Å²) in [6.45, 7) is 3.38. The number of carbonyl (C=O) groups is 1. The summed E-state index contributed by atoms with van der Waals surface area (Å²) < 4.78 is 13.1. The van der Waals surface area contributed by atoms with Crippen molar-refractivity contribution in [3.63, 3.8) is 0 Å². The minimum Gasteiger partial charge on any atom is -0.484 e. The van der Waals surface area contributed by atoms with E-state index in [2.05, 4.69) is 10.4 Å². The fourth-order valence-electron chi connectivity index (χ4n) is 2.45. The molecule has 0 radical (unpaired) electrons. The van der Waals surface area contributed by atoms with Crippen LogP contribution in [0.15, 0.2) is 67.0 Å². The molecule has 0 aliphatic heterocycles. The van der Waals surface area contributed by atoms with E-state index < -0.39 is 0 Å². The number of aryl methyl sites for hydroxylation is 2. The normalized spacial score (nSPS) is 10.4. The van der Waals surface area contributed by atoms with Crippen molar-refractivity contribution >= 4 is 5.91 Å². The highest BCUT2D eigenvalue weighted by atomic mass is 16.5. The molecule has 3 rings (SSSR count). The fraction of sp³-hybridized carbons (Fsp3) is 0.238. The van der Waals surface area contributed by atoms with Crippen molar-refractivity contribution in [3.05, 3.63) is 72.6 Å². The van der Waals surface area contributed by atoms with E-state index in [4.69, 9.17) is 9.47 Å². The minimum atomic E-state index is -0.143. The van der Waals surface area contributed by atoms with E-state index in [0.717, 1.165) is 18.7 Å². The average molecular weight is 365 g/mol. The van der Waals surface area contributed by atoms with Crippen LogP contribution in [0, 0.1) is 6.92 Å². The third-order valence-corrected chi connectivity index (χ3v) is 3.90. The summed E-state index contributed by atoms with van der Waals surface area (Å²) in [6.07, 6.45) is 4.46. The minimum absolute atomic E-state index is 0.0140. The fourth-order valence-corrected chi connectivity index (χ4v) is 2.45. The monoisotopic (exact) mass is 365 g/mol. The lowest BCUT2D eigenvalue weighted by Crippen LogP contribution is -2.30. The summed E-state index contributed by atoms with van der Waals surface area (Å²) in [5.74, 6) is 1.98. The van der Waals surface area contributed by atoms with Gasteiger partial charge in [0.1, 0.15) is 17.2 Å². The molecule has 0 aliphatic rings. The zero-order chi connectivity index (χ0) is 18.9. The number of ether oxygens (including phenoxy) is 2. The molecular formula is C21H23N3O3. The van der Waals surface area contributed by atoms with Crippen LogP contribution in [0.4, 0.5) is 0 Å². The van der Waals surface area contributed by atoms with E-state index in [9.17, 15) is 4.79 Å². The van der Waals surface area contributed by atoms with Crippen molar-refractivity contribution in [1.29, 1.82) is 0 Å². The molecular weight excluding hydrogens is 342 g/mol. The van der Waals surface area contributed by atoms with Crippen LogP contribution in [-0.2, 0) is 11.3 Å². The predicted octanol–water partition coefficient (Wildman–Crippen LogP) is 3.57. The van der Waals surface area contributed by atoms with E-state index in [1.807, 2.05) is 60.3 Å².